The van der Waals surface area contributed by atoms with Crippen LogP contribution in [0.1, 0.15) is 30.8 Å². The molecular weight excluding hydrogens is 392 g/mol. The molecule has 164 valence electrons. The first-order valence-corrected chi connectivity index (χ1v) is 10.8. The van der Waals surface area contributed by atoms with Crippen molar-refractivity contribution in [1.29, 1.82) is 0 Å². The van der Waals surface area contributed by atoms with Gasteiger partial charge in [0.2, 0.25) is 5.82 Å². The van der Waals surface area contributed by atoms with Gasteiger partial charge in [0.05, 0.1) is 46.9 Å². The fourth-order valence-corrected chi connectivity index (χ4v) is 4.33. The number of ether oxygens (including phenoxy) is 2. The summed E-state index contributed by atoms with van der Waals surface area (Å²) in [5, 5.41) is 12.7. The van der Waals surface area contributed by atoms with Crippen LogP contribution in [0.25, 0.3) is 0 Å². The van der Waals surface area contributed by atoms with Crippen LogP contribution in [0.4, 0.5) is 5.69 Å². The molecule has 1 fully saturated rings. The SMILES string of the molecule is CC[C@@H](c1nnnn1Cc1ccc(OC)cc1)[NH+]1CCN(c2ccc(OC)cc2)CC1. The van der Waals surface area contributed by atoms with Gasteiger partial charge in [0.25, 0.3) is 0 Å². The maximum Gasteiger partial charge on any atom is 0.209 e. The van der Waals surface area contributed by atoms with Crippen molar-refractivity contribution >= 4 is 5.69 Å². The lowest BCUT2D eigenvalue weighted by molar-refractivity contribution is -0.933. The summed E-state index contributed by atoms with van der Waals surface area (Å²) in [4.78, 5) is 3.98. The lowest BCUT2D eigenvalue weighted by Crippen LogP contribution is -3.15. The van der Waals surface area contributed by atoms with Crippen LogP contribution in [0, 0.1) is 0 Å². The monoisotopic (exact) mass is 423 g/mol. The lowest BCUT2D eigenvalue weighted by Gasteiger charge is -2.36. The number of methoxy groups -OCH3 is 2. The molecule has 4 rings (SSSR count). The topological polar surface area (TPSA) is 69.7 Å². The van der Waals surface area contributed by atoms with Crippen molar-refractivity contribution in [3.63, 3.8) is 0 Å². The summed E-state index contributed by atoms with van der Waals surface area (Å²) in [5.41, 5.74) is 2.40. The van der Waals surface area contributed by atoms with Crippen LogP contribution in [-0.2, 0) is 6.54 Å². The number of nitrogens with zero attached hydrogens (tertiary/aromatic N) is 5. The molecular formula is C23H31N6O2+. The number of hydrogen-bond acceptors (Lipinski definition) is 6. The molecule has 1 aliphatic rings. The van der Waals surface area contributed by atoms with E-state index in [4.69, 9.17) is 9.47 Å². The normalized spacial score (nSPS) is 15.6. The zero-order chi connectivity index (χ0) is 21.6. The Labute approximate surface area is 183 Å². The number of piperazine rings is 1. The standard InChI is InChI=1S/C23H30N6O2/c1-4-22(23-24-25-26-29(23)17-18-5-9-20(30-2)10-6-18)28-15-13-27(14-16-28)19-7-11-21(31-3)12-8-19/h5-12,22H,4,13-17H2,1-3H3/p+1/t22-/m0/s1. The quantitative estimate of drug-likeness (QED) is 0.594. The summed E-state index contributed by atoms with van der Waals surface area (Å²) in [6, 6.07) is 16.7. The van der Waals surface area contributed by atoms with Crippen LogP contribution >= 0.6 is 0 Å². The molecule has 1 N–H and O–H groups in total. The number of nitrogens with one attached hydrogen (secondary N) is 1. The third-order valence-corrected chi connectivity index (χ3v) is 6.11. The summed E-state index contributed by atoms with van der Waals surface area (Å²) in [5.74, 6) is 2.71. The number of tetrazole rings is 1. The van der Waals surface area contributed by atoms with Crippen LogP contribution in [0.15, 0.2) is 48.5 Å². The number of benzene rings is 2. The maximum atomic E-state index is 5.28. The highest BCUT2D eigenvalue weighted by molar-refractivity contribution is 5.49. The Morgan fingerprint density at radius 3 is 2.13 bits per heavy atom. The van der Waals surface area contributed by atoms with E-state index in [1.54, 1.807) is 14.2 Å². The summed E-state index contributed by atoms with van der Waals surface area (Å²) >= 11 is 0. The molecule has 1 aliphatic heterocycles. The van der Waals surface area contributed by atoms with Gasteiger partial charge < -0.3 is 19.3 Å². The number of rotatable bonds is 8. The van der Waals surface area contributed by atoms with Gasteiger partial charge in [0, 0.05) is 12.1 Å². The van der Waals surface area contributed by atoms with Crippen molar-refractivity contribution < 1.29 is 14.4 Å². The van der Waals surface area contributed by atoms with Crippen LogP contribution in [-0.4, -0.2) is 60.6 Å². The fourth-order valence-electron chi connectivity index (χ4n) is 4.33. The Balaban J connectivity index is 1.42. The third-order valence-electron chi connectivity index (χ3n) is 6.11. The summed E-state index contributed by atoms with van der Waals surface area (Å²) in [6.07, 6.45) is 1.00. The first kappa shape index (κ1) is 21.1. The predicted molar refractivity (Wildman–Crippen MR) is 119 cm³/mol. The van der Waals surface area contributed by atoms with Gasteiger partial charge in [-0.1, -0.05) is 19.1 Å². The van der Waals surface area contributed by atoms with Gasteiger partial charge in [-0.3, -0.25) is 0 Å². The van der Waals surface area contributed by atoms with Crippen LogP contribution in [0.3, 0.4) is 0 Å². The van der Waals surface area contributed by atoms with Crippen molar-refractivity contribution in [1.82, 2.24) is 20.2 Å². The average Bonchev–Trinajstić information content (AvgIpc) is 3.28. The highest BCUT2D eigenvalue weighted by Gasteiger charge is 2.31. The van der Waals surface area contributed by atoms with Crippen LogP contribution in [0.5, 0.6) is 11.5 Å². The summed E-state index contributed by atoms with van der Waals surface area (Å²) < 4.78 is 12.5. The van der Waals surface area contributed by atoms with E-state index in [2.05, 4.69) is 51.6 Å². The average molecular weight is 424 g/mol. The molecule has 0 amide bonds. The highest BCUT2D eigenvalue weighted by Crippen LogP contribution is 2.20. The molecule has 0 spiro atoms. The van der Waals surface area contributed by atoms with Crippen molar-refractivity contribution in [2.24, 2.45) is 0 Å². The van der Waals surface area contributed by atoms with Gasteiger partial charge in [0.15, 0.2) is 0 Å². The van der Waals surface area contributed by atoms with E-state index in [0.717, 1.165) is 55.5 Å². The minimum absolute atomic E-state index is 0.284. The minimum Gasteiger partial charge on any atom is -0.497 e. The molecule has 2 aromatic carbocycles. The first-order chi connectivity index (χ1) is 15.2. The summed E-state index contributed by atoms with van der Waals surface area (Å²) in [6.45, 7) is 7.02. The molecule has 8 nitrogen and oxygen atoms in total. The zero-order valence-corrected chi connectivity index (χ0v) is 18.5. The molecule has 31 heavy (non-hydrogen) atoms. The molecule has 1 atom stereocenters. The Morgan fingerprint density at radius 1 is 0.935 bits per heavy atom. The highest BCUT2D eigenvalue weighted by atomic mass is 16.5. The van der Waals surface area contributed by atoms with Crippen LogP contribution in [0.2, 0.25) is 0 Å². The van der Waals surface area contributed by atoms with E-state index in [0.29, 0.717) is 6.54 Å². The lowest BCUT2D eigenvalue weighted by atomic mass is 10.1. The molecule has 1 aromatic heterocycles. The Bertz CT molecular complexity index is 949. The van der Waals surface area contributed by atoms with Crippen molar-refractivity contribution in [3.8, 4) is 11.5 Å². The number of quaternary nitrogens is 1. The minimum atomic E-state index is 0.284. The predicted octanol–water partition coefficient (Wildman–Crippen LogP) is 1.59. The second-order valence-electron chi connectivity index (χ2n) is 7.85. The van der Waals surface area contributed by atoms with Gasteiger partial charge in [-0.05, 0) is 52.4 Å². The first-order valence-electron chi connectivity index (χ1n) is 10.8. The number of anilines is 1. The molecule has 1 saturated heterocycles. The molecule has 0 saturated carbocycles. The molecule has 0 aliphatic carbocycles. The molecule has 0 unspecified atom stereocenters. The Hall–Kier alpha value is -3.13. The largest absolute Gasteiger partial charge is 0.497 e. The zero-order valence-electron chi connectivity index (χ0n) is 18.5. The van der Waals surface area contributed by atoms with Crippen molar-refractivity contribution in [2.75, 3.05) is 45.3 Å². The number of hydrogen-bond donors (Lipinski definition) is 1. The number of aromatic nitrogens is 4. The maximum absolute atomic E-state index is 5.28. The van der Waals surface area contributed by atoms with E-state index in [1.165, 1.54) is 10.6 Å². The van der Waals surface area contributed by atoms with E-state index in [9.17, 15) is 0 Å². The second-order valence-corrected chi connectivity index (χ2v) is 7.85. The van der Waals surface area contributed by atoms with Crippen molar-refractivity contribution in [2.45, 2.75) is 25.9 Å². The van der Waals surface area contributed by atoms with Gasteiger partial charge >= 0.3 is 0 Å². The Kier molecular flexibility index (Phi) is 6.66. The van der Waals surface area contributed by atoms with E-state index >= 15 is 0 Å². The molecule has 3 aromatic rings. The van der Waals surface area contributed by atoms with E-state index < -0.39 is 0 Å². The smallest absolute Gasteiger partial charge is 0.209 e. The van der Waals surface area contributed by atoms with Gasteiger partial charge in [-0.25, -0.2) is 4.68 Å². The fraction of sp³-hybridized carbons (Fsp3) is 0.435. The third kappa shape index (κ3) is 4.80. The Morgan fingerprint density at radius 2 is 1.55 bits per heavy atom. The molecule has 2 heterocycles. The molecule has 0 radical (unpaired) electrons. The van der Waals surface area contributed by atoms with Gasteiger partial charge in [0.1, 0.15) is 17.5 Å². The van der Waals surface area contributed by atoms with Gasteiger partial charge in [-0.2, -0.15) is 0 Å². The van der Waals surface area contributed by atoms with Crippen molar-refractivity contribution in [3.05, 3.63) is 59.9 Å². The summed E-state index contributed by atoms with van der Waals surface area (Å²) in [7, 11) is 3.38. The van der Waals surface area contributed by atoms with Gasteiger partial charge in [-0.15, -0.1) is 5.10 Å². The van der Waals surface area contributed by atoms with E-state index in [1.807, 2.05) is 28.9 Å². The second kappa shape index (κ2) is 9.78. The molecule has 0 bridgehead atoms. The van der Waals surface area contributed by atoms with E-state index in [-0.39, 0.29) is 6.04 Å². The van der Waals surface area contributed by atoms with Crippen LogP contribution < -0.4 is 19.3 Å². The molecule has 8 heteroatoms.